The molecule has 0 saturated carbocycles. The molecule has 0 heterocycles. The Morgan fingerprint density at radius 2 is 1.45 bits per heavy atom. The van der Waals surface area contributed by atoms with Gasteiger partial charge in [0.1, 0.15) is 12.1 Å². The molecular weight excluding hydrogens is 300 g/mol. The Morgan fingerprint density at radius 1 is 0.955 bits per heavy atom. The fraction of sp³-hybridized carbons (Fsp3) is 0.545. The van der Waals surface area contributed by atoms with E-state index in [1.54, 1.807) is 0 Å². The van der Waals surface area contributed by atoms with E-state index < -0.39 is 60.6 Å². The normalized spacial score (nSPS) is 14.3. The van der Waals surface area contributed by atoms with E-state index in [0.29, 0.717) is 0 Å². The molecule has 0 spiro atoms. The first-order valence-corrected chi connectivity index (χ1v) is 6.13. The summed E-state index contributed by atoms with van der Waals surface area (Å²) in [5, 5.41) is 21.6. The summed E-state index contributed by atoms with van der Waals surface area (Å²) in [6, 6.07) is -4.16. The molecule has 0 rings (SSSR count). The van der Waals surface area contributed by atoms with Gasteiger partial charge in [0, 0.05) is 0 Å². The van der Waals surface area contributed by atoms with E-state index in [2.05, 4.69) is 5.32 Å². The molecule has 0 aliphatic rings. The van der Waals surface area contributed by atoms with E-state index >= 15 is 0 Å². The van der Waals surface area contributed by atoms with E-state index in [-0.39, 0.29) is 0 Å². The minimum atomic E-state index is -1.63. The largest absolute Gasteiger partial charge is 0.481 e. The van der Waals surface area contributed by atoms with Crippen LogP contribution in [-0.4, -0.2) is 58.0 Å². The molecule has 0 fully saturated rings. The lowest BCUT2D eigenvalue weighted by atomic mass is 10.1. The Labute approximate surface area is 125 Å². The van der Waals surface area contributed by atoms with Crippen molar-refractivity contribution in [2.24, 2.45) is 11.5 Å². The van der Waals surface area contributed by atoms with Crippen LogP contribution in [-0.2, 0) is 24.0 Å². The van der Waals surface area contributed by atoms with Gasteiger partial charge in [-0.3, -0.25) is 19.2 Å². The summed E-state index contributed by atoms with van der Waals surface area (Å²) in [4.78, 5) is 55.7. The van der Waals surface area contributed by atoms with Crippen molar-refractivity contribution in [2.45, 2.75) is 37.9 Å². The van der Waals surface area contributed by atoms with Crippen LogP contribution < -0.4 is 22.1 Å². The van der Waals surface area contributed by atoms with Crippen molar-refractivity contribution in [2.75, 3.05) is 0 Å². The van der Waals surface area contributed by atoms with Gasteiger partial charge in [-0.05, 0) is 6.92 Å². The number of amides is 3. The number of primary amides is 1. The number of carbonyl (C=O) groups excluding carboxylic acids is 3. The zero-order valence-corrected chi connectivity index (χ0v) is 11.7. The molecule has 0 aromatic heterocycles. The molecule has 0 aliphatic heterocycles. The zero-order chi connectivity index (χ0) is 17.4. The maximum atomic E-state index is 11.9. The topological polar surface area (TPSA) is 202 Å². The average Bonchev–Trinajstić information content (AvgIpc) is 2.35. The van der Waals surface area contributed by atoms with Gasteiger partial charge < -0.3 is 32.3 Å². The number of aliphatic carboxylic acids is 2. The molecule has 0 aromatic rings. The maximum Gasteiger partial charge on any atom is 0.326 e. The summed E-state index contributed by atoms with van der Waals surface area (Å²) >= 11 is 0. The van der Waals surface area contributed by atoms with Gasteiger partial charge in [0.2, 0.25) is 17.7 Å². The molecule has 0 bridgehead atoms. The van der Waals surface area contributed by atoms with Gasteiger partial charge in [0.15, 0.2) is 0 Å². The van der Waals surface area contributed by atoms with Gasteiger partial charge >= 0.3 is 11.9 Å². The fourth-order valence-corrected chi connectivity index (χ4v) is 1.36. The smallest absolute Gasteiger partial charge is 0.326 e. The lowest BCUT2D eigenvalue weighted by Crippen LogP contribution is -2.55. The lowest BCUT2D eigenvalue weighted by Gasteiger charge is -2.20. The molecule has 0 radical (unpaired) electrons. The van der Waals surface area contributed by atoms with Crippen LogP contribution in [0.3, 0.4) is 0 Å². The highest BCUT2D eigenvalue weighted by Crippen LogP contribution is 1.98. The molecule has 3 atom stereocenters. The Balaban J connectivity index is 5.00. The van der Waals surface area contributed by atoms with Crippen molar-refractivity contribution in [3.63, 3.8) is 0 Å². The van der Waals surface area contributed by atoms with Crippen molar-refractivity contribution < 1.29 is 34.2 Å². The monoisotopic (exact) mass is 318 g/mol. The summed E-state index contributed by atoms with van der Waals surface area (Å²) < 4.78 is 0. The van der Waals surface area contributed by atoms with Crippen molar-refractivity contribution in [3.05, 3.63) is 0 Å². The van der Waals surface area contributed by atoms with Crippen LogP contribution in [0, 0.1) is 0 Å². The molecule has 3 amide bonds. The quantitative estimate of drug-likeness (QED) is 0.254. The Hall–Kier alpha value is -2.69. The van der Waals surface area contributed by atoms with Crippen LogP contribution in [0.2, 0.25) is 0 Å². The first kappa shape index (κ1) is 19.3. The number of nitrogens with two attached hydrogens (primary N) is 2. The summed E-state index contributed by atoms with van der Waals surface area (Å²) in [6.45, 7) is 1.32. The summed E-state index contributed by atoms with van der Waals surface area (Å²) in [5.41, 5.74) is 10.1. The van der Waals surface area contributed by atoms with E-state index in [1.165, 1.54) is 6.92 Å². The van der Waals surface area contributed by atoms with Crippen molar-refractivity contribution >= 4 is 29.7 Å². The highest BCUT2D eigenvalue weighted by Gasteiger charge is 2.29. The Morgan fingerprint density at radius 3 is 1.82 bits per heavy atom. The molecule has 0 unspecified atom stereocenters. The standard InChI is InChI=1S/C11H18N4O7/c1-4(12)9(19)14-5(3-8(17)18)10(20)15-6(11(21)22)2-7(13)16/h4-6H,2-3,12H2,1H3,(H2,13,16)(H,14,19)(H,15,20)(H,17,18)(H,21,22)/t4-,5-,6-/m0/s1. The molecule has 22 heavy (non-hydrogen) atoms. The van der Waals surface area contributed by atoms with Crippen LogP contribution in [0.25, 0.3) is 0 Å². The Kier molecular flexibility index (Phi) is 7.52. The van der Waals surface area contributed by atoms with Gasteiger partial charge in [-0.1, -0.05) is 0 Å². The predicted octanol–water partition coefficient (Wildman–Crippen LogP) is -3.26. The van der Waals surface area contributed by atoms with Crippen molar-refractivity contribution in [3.8, 4) is 0 Å². The number of hydrogen-bond acceptors (Lipinski definition) is 6. The zero-order valence-electron chi connectivity index (χ0n) is 11.7. The lowest BCUT2D eigenvalue weighted by molar-refractivity contribution is -0.144. The molecule has 11 heteroatoms. The molecular formula is C11H18N4O7. The van der Waals surface area contributed by atoms with Crippen molar-refractivity contribution in [1.82, 2.24) is 10.6 Å². The SMILES string of the molecule is C[C@H](N)C(=O)N[C@@H](CC(=O)O)C(=O)N[C@@H](CC(N)=O)C(=O)O. The predicted molar refractivity (Wildman–Crippen MR) is 71.2 cm³/mol. The van der Waals surface area contributed by atoms with E-state index in [9.17, 15) is 24.0 Å². The second kappa shape index (κ2) is 8.56. The third-order valence-corrected chi connectivity index (χ3v) is 2.45. The second-order valence-corrected chi connectivity index (χ2v) is 4.52. The second-order valence-electron chi connectivity index (χ2n) is 4.52. The number of nitrogens with one attached hydrogen (secondary N) is 2. The summed E-state index contributed by atoms with van der Waals surface area (Å²) in [6.07, 6.45) is -1.46. The van der Waals surface area contributed by atoms with Gasteiger partial charge in [0.05, 0.1) is 18.9 Å². The first-order chi connectivity index (χ1) is 10.0. The molecule has 124 valence electrons. The maximum absolute atomic E-state index is 11.9. The number of hydrogen-bond donors (Lipinski definition) is 6. The Bertz CT molecular complexity index is 477. The van der Waals surface area contributed by atoms with Crippen LogP contribution >= 0.6 is 0 Å². The number of carbonyl (C=O) groups is 5. The molecule has 0 aromatic carbocycles. The van der Waals surface area contributed by atoms with Crippen LogP contribution in [0.4, 0.5) is 0 Å². The minimum Gasteiger partial charge on any atom is -0.481 e. The number of carboxylic acid groups (broad SMARTS) is 2. The first-order valence-electron chi connectivity index (χ1n) is 6.13. The number of rotatable bonds is 9. The van der Waals surface area contributed by atoms with Crippen molar-refractivity contribution in [1.29, 1.82) is 0 Å². The molecule has 8 N–H and O–H groups in total. The van der Waals surface area contributed by atoms with Crippen LogP contribution in [0.15, 0.2) is 0 Å². The minimum absolute atomic E-state index is 0.678. The van der Waals surface area contributed by atoms with Crippen LogP contribution in [0.1, 0.15) is 19.8 Å². The third-order valence-electron chi connectivity index (χ3n) is 2.45. The van der Waals surface area contributed by atoms with Crippen LogP contribution in [0.5, 0.6) is 0 Å². The van der Waals surface area contributed by atoms with E-state index in [4.69, 9.17) is 21.7 Å². The van der Waals surface area contributed by atoms with E-state index in [0.717, 1.165) is 0 Å². The average molecular weight is 318 g/mol. The molecule has 0 aliphatic carbocycles. The number of carboxylic acids is 2. The molecule has 0 saturated heterocycles. The van der Waals surface area contributed by atoms with Gasteiger partial charge in [-0.2, -0.15) is 0 Å². The van der Waals surface area contributed by atoms with Gasteiger partial charge in [-0.25, -0.2) is 4.79 Å². The van der Waals surface area contributed by atoms with E-state index in [1.807, 2.05) is 5.32 Å². The van der Waals surface area contributed by atoms with Gasteiger partial charge in [0.25, 0.3) is 0 Å². The highest BCUT2D eigenvalue weighted by atomic mass is 16.4. The van der Waals surface area contributed by atoms with Gasteiger partial charge in [-0.15, -0.1) is 0 Å². The fourth-order valence-electron chi connectivity index (χ4n) is 1.36. The highest BCUT2D eigenvalue weighted by molar-refractivity contribution is 5.94. The molecule has 11 nitrogen and oxygen atoms in total. The third kappa shape index (κ3) is 7.19. The summed E-state index contributed by atoms with van der Waals surface area (Å²) in [7, 11) is 0. The summed E-state index contributed by atoms with van der Waals surface area (Å²) in [5.74, 6) is -5.76.